The first kappa shape index (κ1) is 27.3. The summed E-state index contributed by atoms with van der Waals surface area (Å²) in [7, 11) is 0. The Morgan fingerprint density at radius 1 is 0.545 bits per heavy atom. The molecule has 0 aliphatic rings. The van der Waals surface area contributed by atoms with E-state index in [-0.39, 0.29) is 0 Å². The molecule has 0 heterocycles. The summed E-state index contributed by atoms with van der Waals surface area (Å²) in [5.74, 6) is 2.79. The van der Waals surface area contributed by atoms with Crippen LogP contribution in [0.3, 0.4) is 0 Å². The second-order valence-corrected chi connectivity index (χ2v) is 9.58. The number of ether oxygens (including phenoxy) is 2. The summed E-state index contributed by atoms with van der Waals surface area (Å²) in [4.78, 5) is 0. The lowest BCUT2D eigenvalue weighted by Gasteiger charge is -2.10. The standard InChI is InChI=1S/C31H48O2/c1-4-6-7-8-9-10-11-14-25-32-30-21-17-28(18-22-30)29-19-23-31(24-20-29)33-26-15-12-13-16-27(3)5-2/h17-24,27H,4-16,25-26H2,1-3H3. The maximum Gasteiger partial charge on any atom is 0.119 e. The van der Waals surface area contributed by atoms with Gasteiger partial charge in [0, 0.05) is 0 Å². The van der Waals surface area contributed by atoms with E-state index in [0.29, 0.717) is 0 Å². The second kappa shape index (κ2) is 17.5. The molecule has 0 fully saturated rings. The van der Waals surface area contributed by atoms with Gasteiger partial charge in [0.1, 0.15) is 11.5 Å². The highest BCUT2D eigenvalue weighted by molar-refractivity contribution is 5.64. The Labute approximate surface area is 204 Å². The maximum atomic E-state index is 5.93. The van der Waals surface area contributed by atoms with Gasteiger partial charge in [0.05, 0.1) is 13.2 Å². The summed E-state index contributed by atoms with van der Waals surface area (Å²) >= 11 is 0. The van der Waals surface area contributed by atoms with Gasteiger partial charge in [-0.3, -0.25) is 0 Å². The van der Waals surface area contributed by atoms with Gasteiger partial charge in [-0.1, -0.05) is 116 Å². The molecule has 2 nitrogen and oxygen atoms in total. The molecule has 0 N–H and O–H groups in total. The van der Waals surface area contributed by atoms with Crippen LogP contribution in [0.5, 0.6) is 11.5 Å². The topological polar surface area (TPSA) is 18.5 Å². The summed E-state index contributed by atoms with van der Waals surface area (Å²) in [6.07, 6.45) is 17.0. The van der Waals surface area contributed by atoms with Crippen LogP contribution in [0.15, 0.2) is 48.5 Å². The molecule has 0 aliphatic heterocycles. The molecule has 1 atom stereocenters. The Bertz CT molecular complexity index is 705. The summed E-state index contributed by atoms with van der Waals surface area (Å²) in [6.45, 7) is 8.52. The van der Waals surface area contributed by atoms with Crippen LogP contribution in [0.2, 0.25) is 0 Å². The Balaban J connectivity index is 1.60. The van der Waals surface area contributed by atoms with Crippen LogP contribution in [-0.4, -0.2) is 13.2 Å². The molecule has 2 aromatic carbocycles. The van der Waals surface area contributed by atoms with Crippen molar-refractivity contribution >= 4 is 0 Å². The van der Waals surface area contributed by atoms with Crippen LogP contribution < -0.4 is 9.47 Å². The van der Waals surface area contributed by atoms with Crippen molar-refractivity contribution in [1.29, 1.82) is 0 Å². The molecule has 184 valence electrons. The van der Waals surface area contributed by atoms with E-state index in [1.807, 2.05) is 0 Å². The first-order valence-corrected chi connectivity index (χ1v) is 13.7. The van der Waals surface area contributed by atoms with E-state index < -0.39 is 0 Å². The van der Waals surface area contributed by atoms with Crippen molar-refractivity contribution in [2.24, 2.45) is 5.92 Å². The normalized spacial score (nSPS) is 12.0. The van der Waals surface area contributed by atoms with Crippen molar-refractivity contribution in [3.05, 3.63) is 48.5 Å². The number of rotatable bonds is 19. The molecule has 1 unspecified atom stereocenters. The molecule has 0 radical (unpaired) electrons. The summed E-state index contributed by atoms with van der Waals surface area (Å²) in [5.41, 5.74) is 2.43. The minimum Gasteiger partial charge on any atom is -0.494 e. The van der Waals surface area contributed by atoms with Crippen molar-refractivity contribution in [3.8, 4) is 22.6 Å². The van der Waals surface area contributed by atoms with E-state index in [4.69, 9.17) is 9.47 Å². The number of benzene rings is 2. The molecule has 0 amide bonds. The Morgan fingerprint density at radius 2 is 0.970 bits per heavy atom. The molecule has 0 aliphatic carbocycles. The van der Waals surface area contributed by atoms with Crippen LogP contribution in [0.1, 0.15) is 104 Å². The van der Waals surface area contributed by atoms with Crippen molar-refractivity contribution in [3.63, 3.8) is 0 Å². The van der Waals surface area contributed by atoms with Gasteiger partial charge >= 0.3 is 0 Å². The van der Waals surface area contributed by atoms with Crippen LogP contribution in [0.4, 0.5) is 0 Å². The fourth-order valence-corrected chi connectivity index (χ4v) is 4.08. The molecular weight excluding hydrogens is 404 g/mol. The molecule has 0 saturated heterocycles. The Hall–Kier alpha value is -1.96. The minimum atomic E-state index is 0.810. The van der Waals surface area contributed by atoms with E-state index in [9.17, 15) is 0 Å². The molecule has 2 aromatic rings. The number of hydrogen-bond donors (Lipinski definition) is 0. The van der Waals surface area contributed by atoms with E-state index in [2.05, 4.69) is 69.3 Å². The Kier molecular flexibility index (Phi) is 14.5. The summed E-state index contributed by atoms with van der Waals surface area (Å²) in [6, 6.07) is 16.9. The van der Waals surface area contributed by atoms with Crippen molar-refractivity contribution < 1.29 is 9.47 Å². The smallest absolute Gasteiger partial charge is 0.119 e. The second-order valence-electron chi connectivity index (χ2n) is 9.58. The molecule has 0 saturated carbocycles. The van der Waals surface area contributed by atoms with E-state index >= 15 is 0 Å². The predicted molar refractivity (Wildman–Crippen MR) is 143 cm³/mol. The highest BCUT2D eigenvalue weighted by atomic mass is 16.5. The highest BCUT2D eigenvalue weighted by Crippen LogP contribution is 2.25. The molecule has 2 rings (SSSR count). The van der Waals surface area contributed by atoms with E-state index in [1.165, 1.54) is 81.8 Å². The van der Waals surface area contributed by atoms with Gasteiger partial charge in [0.15, 0.2) is 0 Å². The van der Waals surface area contributed by atoms with Crippen LogP contribution in [0.25, 0.3) is 11.1 Å². The first-order valence-electron chi connectivity index (χ1n) is 13.7. The Morgan fingerprint density at radius 3 is 1.42 bits per heavy atom. The SMILES string of the molecule is CCCCCCCCCCOc1ccc(-c2ccc(OCCCCCC(C)CC)cc2)cc1. The van der Waals surface area contributed by atoms with Gasteiger partial charge in [-0.05, 0) is 54.2 Å². The maximum absolute atomic E-state index is 5.93. The fraction of sp³-hybridized carbons (Fsp3) is 0.613. The van der Waals surface area contributed by atoms with Crippen molar-refractivity contribution in [1.82, 2.24) is 0 Å². The quantitative estimate of drug-likeness (QED) is 0.197. The lowest BCUT2D eigenvalue weighted by Crippen LogP contribution is -1.98. The van der Waals surface area contributed by atoms with Crippen molar-refractivity contribution in [2.75, 3.05) is 13.2 Å². The van der Waals surface area contributed by atoms with Gasteiger partial charge in [-0.15, -0.1) is 0 Å². The lowest BCUT2D eigenvalue weighted by molar-refractivity contribution is 0.302. The molecule has 0 spiro atoms. The van der Waals surface area contributed by atoms with E-state index in [0.717, 1.165) is 43.5 Å². The monoisotopic (exact) mass is 452 g/mol. The zero-order valence-corrected chi connectivity index (χ0v) is 21.6. The molecular formula is C31H48O2. The third kappa shape index (κ3) is 12.2. The van der Waals surface area contributed by atoms with Gasteiger partial charge < -0.3 is 9.47 Å². The molecule has 2 heteroatoms. The number of hydrogen-bond acceptors (Lipinski definition) is 2. The van der Waals surface area contributed by atoms with E-state index in [1.54, 1.807) is 0 Å². The molecule has 0 bridgehead atoms. The van der Waals surface area contributed by atoms with Crippen LogP contribution in [-0.2, 0) is 0 Å². The van der Waals surface area contributed by atoms with Crippen molar-refractivity contribution in [2.45, 2.75) is 104 Å². The number of unbranched alkanes of at least 4 members (excludes halogenated alkanes) is 9. The average Bonchev–Trinajstić information content (AvgIpc) is 2.85. The zero-order valence-electron chi connectivity index (χ0n) is 21.6. The fourth-order valence-electron chi connectivity index (χ4n) is 4.08. The van der Waals surface area contributed by atoms with Gasteiger partial charge in [0.2, 0.25) is 0 Å². The summed E-state index contributed by atoms with van der Waals surface area (Å²) < 4.78 is 11.9. The third-order valence-electron chi connectivity index (χ3n) is 6.62. The van der Waals surface area contributed by atoms with Gasteiger partial charge in [-0.2, -0.15) is 0 Å². The van der Waals surface area contributed by atoms with Crippen LogP contribution in [0, 0.1) is 5.92 Å². The minimum absolute atomic E-state index is 0.810. The highest BCUT2D eigenvalue weighted by Gasteiger charge is 2.02. The lowest BCUT2D eigenvalue weighted by atomic mass is 10.0. The molecule has 33 heavy (non-hydrogen) atoms. The zero-order chi connectivity index (χ0) is 23.6. The first-order chi connectivity index (χ1) is 16.2. The summed E-state index contributed by atoms with van der Waals surface area (Å²) in [5, 5.41) is 0. The molecule has 0 aromatic heterocycles. The van der Waals surface area contributed by atoms with Crippen LogP contribution >= 0.6 is 0 Å². The van der Waals surface area contributed by atoms with Gasteiger partial charge in [-0.25, -0.2) is 0 Å². The van der Waals surface area contributed by atoms with Gasteiger partial charge in [0.25, 0.3) is 0 Å². The largest absolute Gasteiger partial charge is 0.494 e. The third-order valence-corrected chi connectivity index (χ3v) is 6.62. The predicted octanol–water partition coefficient (Wildman–Crippen LogP) is 9.86. The average molecular weight is 453 g/mol.